The molecule has 174 valence electrons. The van der Waals surface area contributed by atoms with Crippen LogP contribution in [-0.4, -0.2) is 9.97 Å². The molecule has 0 radical (unpaired) electrons. The van der Waals surface area contributed by atoms with Crippen LogP contribution in [0.25, 0.3) is 53.2 Å². The van der Waals surface area contributed by atoms with Crippen LogP contribution >= 0.6 is 22.7 Å². The molecule has 5 heteroatoms. The number of aromatic nitrogens is 3. The Morgan fingerprint density at radius 1 is 0.743 bits per heavy atom. The summed E-state index contributed by atoms with van der Waals surface area (Å²) in [5.41, 5.74) is 7.56. The van der Waals surface area contributed by atoms with Crippen LogP contribution in [0.15, 0.2) is 60.7 Å². The molecule has 3 nitrogen and oxygen atoms in total. The second kappa shape index (κ2) is 7.94. The Labute approximate surface area is 213 Å². The molecule has 3 aromatic carbocycles. The van der Waals surface area contributed by atoms with Crippen LogP contribution in [0.3, 0.4) is 0 Å². The first-order chi connectivity index (χ1) is 16.7. The third-order valence-electron chi connectivity index (χ3n) is 6.91. The predicted octanol–water partition coefficient (Wildman–Crippen LogP) is 8.13. The number of fused-ring (bicyclic) bond motifs is 3. The van der Waals surface area contributed by atoms with Gasteiger partial charge in [-0.05, 0) is 53.3 Å². The fraction of sp³-hybridized carbons (Fsp3) is 0.233. The summed E-state index contributed by atoms with van der Waals surface area (Å²) < 4.78 is 2.33. The third-order valence-corrected chi connectivity index (χ3v) is 8.89. The van der Waals surface area contributed by atoms with E-state index in [0.717, 1.165) is 19.7 Å². The van der Waals surface area contributed by atoms with Crippen LogP contribution in [0.5, 0.6) is 0 Å². The summed E-state index contributed by atoms with van der Waals surface area (Å²) in [7, 11) is 2.18. The molecule has 6 aromatic rings. The van der Waals surface area contributed by atoms with Gasteiger partial charge in [0.2, 0.25) is 11.2 Å². The van der Waals surface area contributed by atoms with Gasteiger partial charge in [-0.25, -0.2) is 9.97 Å². The van der Waals surface area contributed by atoms with Crippen LogP contribution < -0.4 is 4.57 Å². The van der Waals surface area contributed by atoms with Crippen molar-refractivity contribution in [3.05, 3.63) is 76.8 Å². The van der Waals surface area contributed by atoms with E-state index in [9.17, 15) is 0 Å². The fourth-order valence-electron chi connectivity index (χ4n) is 5.13. The second-order valence-corrected chi connectivity index (χ2v) is 12.4. The highest BCUT2D eigenvalue weighted by molar-refractivity contribution is 7.28. The van der Waals surface area contributed by atoms with Crippen molar-refractivity contribution in [1.29, 1.82) is 0 Å². The Kier molecular flexibility index (Phi) is 5.06. The van der Waals surface area contributed by atoms with E-state index in [2.05, 4.69) is 100.0 Å². The number of thiazole rings is 2. The lowest BCUT2D eigenvalue weighted by atomic mass is 9.80. The van der Waals surface area contributed by atoms with Gasteiger partial charge >= 0.3 is 0 Å². The molecule has 35 heavy (non-hydrogen) atoms. The maximum Gasteiger partial charge on any atom is 0.213 e. The zero-order valence-corrected chi connectivity index (χ0v) is 22.6. The Balaban J connectivity index is 1.70. The number of para-hydroxylation sites is 1. The van der Waals surface area contributed by atoms with Crippen molar-refractivity contribution >= 4 is 54.0 Å². The summed E-state index contributed by atoms with van der Waals surface area (Å²) in [6.45, 7) is 11.2. The Bertz CT molecular complexity index is 1740. The molecule has 0 bridgehead atoms. The van der Waals surface area contributed by atoms with Gasteiger partial charge in [-0.2, -0.15) is 4.57 Å². The average molecular weight is 495 g/mol. The average Bonchev–Trinajstić information content (AvgIpc) is 3.37. The lowest BCUT2D eigenvalue weighted by molar-refractivity contribution is -0.633. The summed E-state index contributed by atoms with van der Waals surface area (Å²) in [6.07, 6.45) is 0. The molecule has 0 unspecified atom stereocenters. The molecule has 0 atom stereocenters. The molecule has 0 aliphatic carbocycles. The molecule has 0 amide bonds. The summed E-state index contributed by atoms with van der Waals surface area (Å²) in [4.78, 5) is 11.8. The van der Waals surface area contributed by atoms with Crippen molar-refractivity contribution in [2.24, 2.45) is 7.05 Å². The maximum atomic E-state index is 5.01. The van der Waals surface area contributed by atoms with Crippen LogP contribution in [0.2, 0.25) is 0 Å². The van der Waals surface area contributed by atoms with Crippen molar-refractivity contribution in [3.8, 4) is 21.8 Å². The molecule has 0 saturated carbocycles. The van der Waals surface area contributed by atoms with Crippen molar-refractivity contribution < 1.29 is 4.57 Å². The molecule has 0 N–H and O–H groups in total. The number of aryl methyl sites for hydroxylation is 3. The topological polar surface area (TPSA) is 29.7 Å². The monoisotopic (exact) mass is 494 g/mol. The van der Waals surface area contributed by atoms with Gasteiger partial charge < -0.3 is 0 Å². The number of hydrogen-bond donors (Lipinski definition) is 0. The Hall–Kier alpha value is -3.15. The molecule has 6 rings (SSSR count). The van der Waals surface area contributed by atoms with Crippen molar-refractivity contribution in [1.82, 2.24) is 9.97 Å². The largest absolute Gasteiger partial charge is 0.229 e. The Morgan fingerprint density at radius 3 is 2.11 bits per heavy atom. The zero-order chi connectivity index (χ0) is 24.5. The predicted molar refractivity (Wildman–Crippen MR) is 151 cm³/mol. The van der Waals surface area contributed by atoms with Gasteiger partial charge in [0.05, 0.1) is 16.0 Å². The minimum atomic E-state index is 0.0313. The minimum Gasteiger partial charge on any atom is -0.229 e. The fourth-order valence-corrected chi connectivity index (χ4v) is 7.10. The smallest absolute Gasteiger partial charge is 0.213 e. The quantitative estimate of drug-likeness (QED) is 0.227. The van der Waals surface area contributed by atoms with E-state index in [0.29, 0.717) is 0 Å². The first-order valence-electron chi connectivity index (χ1n) is 11.9. The van der Waals surface area contributed by atoms with E-state index in [1.54, 1.807) is 22.7 Å². The van der Waals surface area contributed by atoms with E-state index in [1.165, 1.54) is 49.6 Å². The third kappa shape index (κ3) is 3.57. The maximum absolute atomic E-state index is 5.01. The van der Waals surface area contributed by atoms with Gasteiger partial charge in [0.25, 0.3) is 0 Å². The Morgan fingerprint density at radius 2 is 1.40 bits per heavy atom. The van der Waals surface area contributed by atoms with E-state index >= 15 is 0 Å². The van der Waals surface area contributed by atoms with E-state index in [-0.39, 0.29) is 5.41 Å². The van der Waals surface area contributed by atoms with Gasteiger partial charge in [-0.15, -0.1) is 0 Å². The van der Waals surface area contributed by atoms with Crippen LogP contribution in [-0.2, 0) is 12.5 Å². The molecule has 0 saturated heterocycles. The van der Waals surface area contributed by atoms with Gasteiger partial charge in [0.1, 0.15) is 12.1 Å². The van der Waals surface area contributed by atoms with Crippen LogP contribution in [0, 0.1) is 13.8 Å². The van der Waals surface area contributed by atoms with Crippen molar-refractivity contribution in [2.75, 3.05) is 0 Å². The second-order valence-electron chi connectivity index (χ2n) is 10.3. The first-order valence-corrected chi connectivity index (χ1v) is 13.5. The summed E-state index contributed by atoms with van der Waals surface area (Å²) in [5, 5.41) is 5.97. The van der Waals surface area contributed by atoms with Gasteiger partial charge in [0, 0.05) is 17.7 Å². The number of hydrogen-bond acceptors (Lipinski definition) is 4. The SMILES string of the molecule is Cc1nc2sc(-c3cc(-c4cc(C(C)(C)C)c5ccccc5c4C)[n+](C)c4ccccc34)nc2s1. The molecule has 0 aliphatic heterocycles. The van der Waals surface area contributed by atoms with Crippen molar-refractivity contribution in [2.45, 2.75) is 40.0 Å². The minimum absolute atomic E-state index is 0.0313. The van der Waals surface area contributed by atoms with Gasteiger partial charge in [0.15, 0.2) is 9.66 Å². The van der Waals surface area contributed by atoms with E-state index < -0.39 is 0 Å². The lowest BCUT2D eigenvalue weighted by Crippen LogP contribution is -2.32. The lowest BCUT2D eigenvalue weighted by Gasteiger charge is -2.24. The summed E-state index contributed by atoms with van der Waals surface area (Å²) >= 11 is 3.36. The first kappa shape index (κ1) is 22.3. The van der Waals surface area contributed by atoms with Gasteiger partial charge in [-0.3, -0.25) is 0 Å². The molecular formula is C30H28N3S2+. The van der Waals surface area contributed by atoms with E-state index in [1.807, 2.05) is 6.92 Å². The van der Waals surface area contributed by atoms with E-state index in [4.69, 9.17) is 9.97 Å². The van der Waals surface area contributed by atoms with Crippen LogP contribution in [0.1, 0.15) is 36.9 Å². The normalized spacial score (nSPS) is 12.3. The highest BCUT2D eigenvalue weighted by atomic mass is 32.1. The number of benzene rings is 3. The molecule has 0 aliphatic rings. The standard InChI is InChI=1S/C30H28N3S2/c1-17-19-11-7-8-12-20(19)24(30(3,4)5)15-22(17)26-16-23(21-13-9-10-14-25(21)33(26)6)27-32-29-28(35-27)31-18(2)34-29/h7-16H,1-6H3/q+1. The number of pyridine rings is 1. The molecule has 3 aromatic heterocycles. The zero-order valence-electron chi connectivity index (χ0n) is 20.9. The highest BCUT2D eigenvalue weighted by Crippen LogP contribution is 2.40. The summed E-state index contributed by atoms with van der Waals surface area (Å²) in [6, 6.07) is 22.2. The van der Waals surface area contributed by atoms with Crippen molar-refractivity contribution in [3.63, 3.8) is 0 Å². The molecule has 0 fully saturated rings. The van der Waals surface area contributed by atoms with Gasteiger partial charge in [-0.1, -0.05) is 79.8 Å². The summed E-state index contributed by atoms with van der Waals surface area (Å²) in [5.74, 6) is 0. The number of nitrogens with zero attached hydrogens (tertiary/aromatic N) is 3. The molecular weight excluding hydrogens is 466 g/mol. The molecule has 3 heterocycles. The number of rotatable bonds is 2. The highest BCUT2D eigenvalue weighted by Gasteiger charge is 2.26. The van der Waals surface area contributed by atoms with Crippen LogP contribution in [0.4, 0.5) is 0 Å². The molecule has 0 spiro atoms.